The summed E-state index contributed by atoms with van der Waals surface area (Å²) in [5.41, 5.74) is 0.603. The monoisotopic (exact) mass is 250 g/mol. The lowest BCUT2D eigenvalue weighted by atomic mass is 10.1. The van der Waals surface area contributed by atoms with Gasteiger partial charge >= 0.3 is 0 Å². The van der Waals surface area contributed by atoms with Crippen LogP contribution in [-0.4, -0.2) is 19.8 Å². The quantitative estimate of drug-likeness (QED) is 0.807. The second-order valence-electron chi connectivity index (χ2n) is 4.21. The van der Waals surface area contributed by atoms with Crippen LogP contribution in [0, 0.1) is 17.1 Å². The number of hydrogen-bond acceptors (Lipinski definition) is 3. The Labute approximate surface area is 108 Å². The zero-order valence-electron chi connectivity index (χ0n) is 10.9. The van der Waals surface area contributed by atoms with E-state index in [1.807, 2.05) is 6.07 Å². The molecular weight excluding hydrogens is 231 g/mol. The van der Waals surface area contributed by atoms with Crippen molar-refractivity contribution in [3.05, 3.63) is 29.6 Å². The second kappa shape index (κ2) is 7.67. The highest BCUT2D eigenvalue weighted by Gasteiger charge is 2.12. The van der Waals surface area contributed by atoms with Crippen LogP contribution in [0.15, 0.2) is 18.2 Å². The van der Waals surface area contributed by atoms with Crippen molar-refractivity contribution >= 4 is 5.69 Å². The minimum Gasteiger partial charge on any atom is -0.383 e. The molecule has 1 aromatic rings. The van der Waals surface area contributed by atoms with Gasteiger partial charge in [0.25, 0.3) is 0 Å². The fourth-order valence-electron chi connectivity index (χ4n) is 1.83. The number of halogens is 1. The third kappa shape index (κ3) is 4.01. The van der Waals surface area contributed by atoms with Gasteiger partial charge in [0.05, 0.1) is 12.3 Å². The third-order valence-corrected chi connectivity index (χ3v) is 2.76. The molecule has 3 nitrogen and oxygen atoms in total. The minimum absolute atomic E-state index is 0.0649. The summed E-state index contributed by atoms with van der Waals surface area (Å²) in [7, 11) is 1.64. The van der Waals surface area contributed by atoms with Gasteiger partial charge in [-0.3, -0.25) is 0 Å². The summed E-state index contributed by atoms with van der Waals surface area (Å²) >= 11 is 0. The van der Waals surface area contributed by atoms with E-state index < -0.39 is 5.82 Å². The summed E-state index contributed by atoms with van der Waals surface area (Å²) in [6.45, 7) is 2.66. The molecule has 1 aromatic carbocycles. The highest BCUT2D eigenvalue weighted by Crippen LogP contribution is 2.20. The molecule has 0 aliphatic rings. The first-order valence-electron chi connectivity index (χ1n) is 6.17. The average molecular weight is 250 g/mol. The zero-order chi connectivity index (χ0) is 13.4. The molecule has 1 unspecified atom stereocenters. The summed E-state index contributed by atoms with van der Waals surface area (Å²) in [4.78, 5) is 0. The molecule has 0 heterocycles. The SMILES string of the molecule is CCCCC(COC)Nc1cccc(F)c1C#N. The summed E-state index contributed by atoms with van der Waals surface area (Å²) in [6, 6.07) is 6.60. The Bertz CT molecular complexity index is 415. The van der Waals surface area contributed by atoms with Crippen LogP contribution in [0.3, 0.4) is 0 Å². The minimum atomic E-state index is -0.492. The Morgan fingerprint density at radius 2 is 2.28 bits per heavy atom. The first kappa shape index (κ1) is 14.5. The van der Waals surface area contributed by atoms with Gasteiger partial charge < -0.3 is 10.1 Å². The maximum absolute atomic E-state index is 13.4. The number of nitrogens with zero attached hydrogens (tertiary/aromatic N) is 1. The van der Waals surface area contributed by atoms with E-state index in [2.05, 4.69) is 12.2 Å². The van der Waals surface area contributed by atoms with Gasteiger partial charge in [-0.2, -0.15) is 5.26 Å². The van der Waals surface area contributed by atoms with Gasteiger partial charge in [0.1, 0.15) is 17.4 Å². The summed E-state index contributed by atoms with van der Waals surface area (Å²) in [5.74, 6) is -0.492. The first-order valence-corrected chi connectivity index (χ1v) is 6.17. The molecular formula is C14H19FN2O. The number of hydrogen-bond donors (Lipinski definition) is 1. The Morgan fingerprint density at radius 3 is 2.89 bits per heavy atom. The Hall–Kier alpha value is -1.60. The van der Waals surface area contributed by atoms with Crippen LogP contribution in [-0.2, 0) is 4.74 Å². The highest BCUT2D eigenvalue weighted by atomic mass is 19.1. The number of nitriles is 1. The van der Waals surface area contributed by atoms with E-state index >= 15 is 0 Å². The lowest BCUT2D eigenvalue weighted by Crippen LogP contribution is -2.25. The predicted octanol–water partition coefficient (Wildman–Crippen LogP) is 3.31. The Balaban J connectivity index is 2.80. The summed E-state index contributed by atoms with van der Waals surface area (Å²) < 4.78 is 18.6. The van der Waals surface area contributed by atoms with Crippen LogP contribution in [0.2, 0.25) is 0 Å². The smallest absolute Gasteiger partial charge is 0.143 e. The van der Waals surface area contributed by atoms with Gasteiger partial charge in [-0.05, 0) is 18.6 Å². The van der Waals surface area contributed by atoms with Crippen molar-refractivity contribution in [2.75, 3.05) is 19.0 Å². The van der Waals surface area contributed by atoms with Gasteiger partial charge in [0.15, 0.2) is 0 Å². The maximum Gasteiger partial charge on any atom is 0.143 e. The molecule has 0 aromatic heterocycles. The lowest BCUT2D eigenvalue weighted by Gasteiger charge is -2.19. The molecule has 0 aliphatic carbocycles. The Morgan fingerprint density at radius 1 is 1.50 bits per heavy atom. The van der Waals surface area contributed by atoms with Crippen molar-refractivity contribution in [2.45, 2.75) is 32.2 Å². The molecule has 1 rings (SSSR count). The van der Waals surface area contributed by atoms with E-state index in [1.165, 1.54) is 6.07 Å². The molecule has 0 saturated carbocycles. The van der Waals surface area contributed by atoms with E-state index in [1.54, 1.807) is 19.2 Å². The van der Waals surface area contributed by atoms with Crippen LogP contribution >= 0.6 is 0 Å². The van der Waals surface area contributed by atoms with Gasteiger partial charge in [-0.25, -0.2) is 4.39 Å². The molecule has 98 valence electrons. The highest BCUT2D eigenvalue weighted by molar-refractivity contribution is 5.58. The molecule has 18 heavy (non-hydrogen) atoms. The number of rotatable bonds is 7. The lowest BCUT2D eigenvalue weighted by molar-refractivity contribution is 0.182. The van der Waals surface area contributed by atoms with Crippen LogP contribution < -0.4 is 5.32 Å². The number of ether oxygens (including phenoxy) is 1. The molecule has 4 heteroatoms. The number of benzene rings is 1. The molecule has 0 saturated heterocycles. The fraction of sp³-hybridized carbons (Fsp3) is 0.500. The number of anilines is 1. The summed E-state index contributed by atoms with van der Waals surface area (Å²) in [6.07, 6.45) is 3.10. The fourth-order valence-corrected chi connectivity index (χ4v) is 1.83. The van der Waals surface area contributed by atoms with Gasteiger partial charge in [0.2, 0.25) is 0 Å². The molecule has 0 aliphatic heterocycles. The van der Waals surface area contributed by atoms with E-state index in [0.717, 1.165) is 19.3 Å². The van der Waals surface area contributed by atoms with Crippen molar-refractivity contribution in [3.63, 3.8) is 0 Å². The van der Waals surface area contributed by atoms with Crippen molar-refractivity contribution < 1.29 is 9.13 Å². The second-order valence-corrected chi connectivity index (χ2v) is 4.21. The van der Waals surface area contributed by atoms with Crippen LogP contribution in [0.25, 0.3) is 0 Å². The van der Waals surface area contributed by atoms with Gasteiger partial charge in [-0.1, -0.05) is 25.8 Å². The van der Waals surface area contributed by atoms with Crippen molar-refractivity contribution in [3.8, 4) is 6.07 Å². The third-order valence-electron chi connectivity index (χ3n) is 2.76. The van der Waals surface area contributed by atoms with Crippen molar-refractivity contribution in [1.82, 2.24) is 0 Å². The maximum atomic E-state index is 13.4. The zero-order valence-corrected chi connectivity index (χ0v) is 10.9. The molecule has 1 N–H and O–H groups in total. The van der Waals surface area contributed by atoms with E-state index in [9.17, 15) is 4.39 Å². The largest absolute Gasteiger partial charge is 0.383 e. The Kier molecular flexibility index (Phi) is 6.16. The normalized spacial score (nSPS) is 11.9. The molecule has 0 amide bonds. The van der Waals surface area contributed by atoms with Crippen molar-refractivity contribution in [1.29, 1.82) is 5.26 Å². The number of nitrogens with one attached hydrogen (secondary N) is 1. The topological polar surface area (TPSA) is 45.0 Å². The standard InChI is InChI=1S/C14H19FN2O/c1-3-4-6-11(10-18-2)17-14-8-5-7-13(15)12(14)9-16/h5,7-8,11,17H,3-4,6,10H2,1-2H3. The number of methoxy groups -OCH3 is 1. The molecule has 1 atom stereocenters. The van der Waals surface area contributed by atoms with E-state index in [0.29, 0.717) is 12.3 Å². The van der Waals surface area contributed by atoms with Gasteiger partial charge in [-0.15, -0.1) is 0 Å². The molecule has 0 bridgehead atoms. The number of unbranched alkanes of at least 4 members (excludes halogenated alkanes) is 1. The summed E-state index contributed by atoms with van der Waals surface area (Å²) in [5, 5.41) is 12.1. The molecule has 0 spiro atoms. The molecule has 0 radical (unpaired) electrons. The van der Waals surface area contributed by atoms with E-state index in [4.69, 9.17) is 10.00 Å². The van der Waals surface area contributed by atoms with Crippen LogP contribution in [0.5, 0.6) is 0 Å². The van der Waals surface area contributed by atoms with Crippen LogP contribution in [0.1, 0.15) is 31.7 Å². The molecule has 0 fully saturated rings. The van der Waals surface area contributed by atoms with E-state index in [-0.39, 0.29) is 11.6 Å². The average Bonchev–Trinajstić information content (AvgIpc) is 2.36. The van der Waals surface area contributed by atoms with Crippen molar-refractivity contribution in [2.24, 2.45) is 0 Å². The van der Waals surface area contributed by atoms with Crippen LogP contribution in [0.4, 0.5) is 10.1 Å². The predicted molar refractivity (Wildman–Crippen MR) is 69.9 cm³/mol. The first-order chi connectivity index (χ1) is 8.72. The van der Waals surface area contributed by atoms with Gasteiger partial charge in [0, 0.05) is 13.2 Å².